The Kier molecular flexibility index (Phi) is 19.0. The zero-order chi connectivity index (χ0) is 40.7. The van der Waals surface area contributed by atoms with Crippen LogP contribution in [0.5, 0.6) is 0 Å². The van der Waals surface area contributed by atoms with Crippen molar-refractivity contribution >= 4 is 17.7 Å². The molecule has 14 atom stereocenters. The van der Waals surface area contributed by atoms with Crippen molar-refractivity contribution in [1.82, 2.24) is 0 Å². The fourth-order valence-corrected chi connectivity index (χ4v) is 6.89. The molecule has 310 valence electrons. The Bertz CT molecular complexity index is 1380. The van der Waals surface area contributed by atoms with Gasteiger partial charge in [0.15, 0.2) is 12.1 Å². The number of allylic oxidation sites excluding steroid dienone is 8. The van der Waals surface area contributed by atoms with Gasteiger partial charge in [0, 0.05) is 38.5 Å². The Morgan fingerprint density at radius 3 is 2.27 bits per heavy atom. The molecular weight excluding hydrogens is 718 g/mol. The van der Waals surface area contributed by atoms with Crippen LogP contribution in [0.15, 0.2) is 60.8 Å². The van der Waals surface area contributed by atoms with Crippen LogP contribution in [0.2, 0.25) is 0 Å². The highest BCUT2D eigenvalue weighted by molar-refractivity contribution is 5.80. The number of ether oxygens (including phenoxy) is 4. The Morgan fingerprint density at radius 1 is 0.964 bits per heavy atom. The minimum absolute atomic E-state index is 0.0218. The van der Waals surface area contributed by atoms with Gasteiger partial charge in [0.05, 0.1) is 55.2 Å². The molecule has 0 aromatic carbocycles. The number of nitrogens with two attached hydrogens (primary N) is 1. The number of Topliss-reactive ketones (excluding diaryl/α,β-unsaturated/α-hetero) is 1. The lowest BCUT2D eigenvalue weighted by Crippen LogP contribution is -2.61. The smallest absolute Gasteiger partial charge is 0.311 e. The Labute approximate surface area is 322 Å². The molecule has 9 N–H and O–H groups in total. The summed E-state index contributed by atoms with van der Waals surface area (Å²) in [5, 5.41) is 74.7. The van der Waals surface area contributed by atoms with E-state index in [1.807, 2.05) is 26.0 Å². The lowest BCUT2D eigenvalue weighted by Gasteiger charge is -2.45. The number of aliphatic hydroxyl groups excluding tert-OH is 5. The van der Waals surface area contributed by atoms with Crippen molar-refractivity contribution in [3.05, 3.63) is 60.8 Å². The number of esters is 1. The average Bonchev–Trinajstić information content (AvgIpc) is 3.09. The van der Waals surface area contributed by atoms with Gasteiger partial charge in [0.25, 0.3) is 0 Å². The number of ketones is 1. The zero-order valence-electron chi connectivity index (χ0n) is 31.9. The predicted molar refractivity (Wildman–Crippen MR) is 200 cm³/mol. The van der Waals surface area contributed by atoms with Crippen LogP contribution in [0.1, 0.15) is 85.0 Å². The molecule has 0 amide bonds. The molecule has 15 heteroatoms. The number of rotatable bonds is 5. The van der Waals surface area contributed by atoms with Crippen LogP contribution >= 0.6 is 0 Å². The van der Waals surface area contributed by atoms with E-state index in [1.54, 1.807) is 55.5 Å². The van der Waals surface area contributed by atoms with Crippen molar-refractivity contribution in [3.8, 4) is 0 Å². The maximum absolute atomic E-state index is 12.6. The molecule has 0 saturated carbocycles. The molecule has 0 spiro atoms. The van der Waals surface area contributed by atoms with Gasteiger partial charge in [-0.05, 0) is 25.7 Å². The number of carboxylic acid groups (broad SMARTS) is 1. The van der Waals surface area contributed by atoms with E-state index in [9.17, 15) is 50.1 Å². The van der Waals surface area contributed by atoms with Crippen LogP contribution < -0.4 is 5.73 Å². The number of carboxylic acids is 1. The Hall–Kier alpha value is -3.09. The first-order valence-corrected chi connectivity index (χ1v) is 19.2. The van der Waals surface area contributed by atoms with Crippen LogP contribution in [0, 0.1) is 11.8 Å². The molecule has 2 bridgehead atoms. The number of aliphatic hydroxyl groups is 6. The summed E-state index contributed by atoms with van der Waals surface area (Å²) in [4.78, 5) is 37.6. The topological polar surface area (TPSA) is 256 Å². The van der Waals surface area contributed by atoms with Crippen molar-refractivity contribution < 1.29 is 69.1 Å². The summed E-state index contributed by atoms with van der Waals surface area (Å²) < 4.78 is 23.3. The third-order valence-electron chi connectivity index (χ3n) is 10.3. The van der Waals surface area contributed by atoms with Gasteiger partial charge in [-0.15, -0.1) is 0 Å². The van der Waals surface area contributed by atoms with Gasteiger partial charge >= 0.3 is 11.9 Å². The van der Waals surface area contributed by atoms with Crippen LogP contribution in [0.25, 0.3) is 0 Å². The summed E-state index contributed by atoms with van der Waals surface area (Å²) in [6.45, 7) is 5.51. The van der Waals surface area contributed by atoms with Crippen molar-refractivity contribution in [2.24, 2.45) is 17.6 Å². The second-order valence-corrected chi connectivity index (χ2v) is 14.9. The molecule has 2 saturated heterocycles. The molecular formula is C40H61NO14. The van der Waals surface area contributed by atoms with E-state index in [0.29, 0.717) is 6.42 Å². The molecule has 3 aliphatic rings. The van der Waals surface area contributed by atoms with Gasteiger partial charge < -0.3 is 60.4 Å². The number of fused-ring (bicyclic) bond motifs is 2. The van der Waals surface area contributed by atoms with Crippen molar-refractivity contribution in [3.63, 3.8) is 0 Å². The lowest BCUT2D eigenvalue weighted by molar-refractivity contribution is -0.308. The zero-order valence-corrected chi connectivity index (χ0v) is 31.9. The van der Waals surface area contributed by atoms with E-state index in [1.165, 1.54) is 0 Å². The largest absolute Gasteiger partial charge is 0.481 e. The second-order valence-electron chi connectivity index (χ2n) is 14.9. The van der Waals surface area contributed by atoms with Crippen molar-refractivity contribution in [2.75, 3.05) is 0 Å². The quantitative estimate of drug-likeness (QED) is 0.185. The molecule has 15 nitrogen and oxygen atoms in total. The third kappa shape index (κ3) is 15.1. The highest BCUT2D eigenvalue weighted by atomic mass is 16.7. The molecule has 3 rings (SSSR count). The van der Waals surface area contributed by atoms with Crippen molar-refractivity contribution in [1.29, 1.82) is 0 Å². The standard InChI is InChI=1S/C40H61NO14/c1-4-24(2)31-18-13-11-9-7-5-6-8-10-12-17-29(53-39-37(48)35(41)36(47)25(3)52-39)21-32-34(38(49)50)30(45)23-40(51,55-32)22-27(43)16-14-15-26(42)19-28(44)20-33(46)54-31/h5-13,17,24-25,27-32,34-37,39,43-45,47-48,51H,4,14-16,18-23,41H2,1-3H3,(H,49,50). The summed E-state index contributed by atoms with van der Waals surface area (Å²) in [6, 6.07) is -1.10. The second kappa shape index (κ2) is 22.6. The van der Waals surface area contributed by atoms with Gasteiger partial charge in [-0.1, -0.05) is 81.0 Å². The predicted octanol–water partition coefficient (Wildman–Crippen LogP) is 1.87. The van der Waals surface area contributed by atoms with Gasteiger partial charge in [-0.2, -0.15) is 0 Å². The number of aliphatic carboxylic acids is 1. The van der Waals surface area contributed by atoms with Gasteiger partial charge in [0.2, 0.25) is 0 Å². The minimum atomic E-state index is -2.16. The normalized spacial score (nSPS) is 38.8. The van der Waals surface area contributed by atoms with E-state index in [2.05, 4.69) is 0 Å². The van der Waals surface area contributed by atoms with Crippen LogP contribution in [-0.2, 0) is 33.3 Å². The van der Waals surface area contributed by atoms with Gasteiger partial charge in [-0.25, -0.2) is 0 Å². The maximum atomic E-state index is 12.6. The van der Waals surface area contributed by atoms with Gasteiger partial charge in [0.1, 0.15) is 23.9 Å². The Balaban J connectivity index is 1.88. The van der Waals surface area contributed by atoms with E-state index in [4.69, 9.17) is 24.7 Å². The Morgan fingerprint density at radius 2 is 1.62 bits per heavy atom. The van der Waals surface area contributed by atoms with E-state index in [0.717, 1.165) is 6.42 Å². The first-order chi connectivity index (χ1) is 26.0. The summed E-state index contributed by atoms with van der Waals surface area (Å²) in [6.07, 6.45) is 5.42. The van der Waals surface area contributed by atoms with E-state index < -0.39 is 104 Å². The number of cyclic esters (lactones) is 1. The molecule has 0 aromatic heterocycles. The number of carbonyl (C=O) groups is 3. The third-order valence-corrected chi connectivity index (χ3v) is 10.3. The monoisotopic (exact) mass is 779 g/mol. The lowest BCUT2D eigenvalue weighted by atomic mass is 9.83. The fourth-order valence-electron chi connectivity index (χ4n) is 6.89. The average molecular weight is 780 g/mol. The number of carbonyl (C=O) groups excluding carboxylic acids is 2. The fraction of sp³-hybridized carbons (Fsp3) is 0.675. The number of hydrogen-bond acceptors (Lipinski definition) is 14. The molecule has 0 radical (unpaired) electrons. The molecule has 2 fully saturated rings. The highest BCUT2D eigenvalue weighted by Crippen LogP contribution is 2.38. The van der Waals surface area contributed by atoms with Crippen LogP contribution in [-0.4, -0.2) is 127 Å². The van der Waals surface area contributed by atoms with Crippen LogP contribution in [0.4, 0.5) is 0 Å². The number of hydrogen-bond donors (Lipinski definition) is 8. The summed E-state index contributed by atoms with van der Waals surface area (Å²) >= 11 is 0. The molecule has 14 unspecified atom stereocenters. The van der Waals surface area contributed by atoms with Crippen molar-refractivity contribution in [2.45, 2.75) is 158 Å². The van der Waals surface area contributed by atoms with Gasteiger partial charge in [-0.3, -0.25) is 14.4 Å². The summed E-state index contributed by atoms with van der Waals surface area (Å²) in [5.74, 6) is -5.93. The maximum Gasteiger partial charge on any atom is 0.311 e. The SMILES string of the molecule is CCC(C)C1CC=CC=CC=CC=CC=CC(OC2OC(C)C(O)C(N)C2O)CC2OC(O)(CC(O)CCCC(=O)CC(O)CC(=O)O1)CC(O)C2C(=O)O. The molecule has 55 heavy (non-hydrogen) atoms. The molecule has 3 heterocycles. The highest BCUT2D eigenvalue weighted by Gasteiger charge is 2.50. The molecule has 3 aliphatic heterocycles. The van der Waals surface area contributed by atoms with Crippen LogP contribution in [0.3, 0.4) is 0 Å². The summed E-state index contributed by atoms with van der Waals surface area (Å²) in [7, 11) is 0. The minimum Gasteiger partial charge on any atom is -0.481 e. The van der Waals surface area contributed by atoms with E-state index >= 15 is 0 Å². The first kappa shape index (κ1) is 46.3. The molecule has 0 aliphatic carbocycles. The summed E-state index contributed by atoms with van der Waals surface area (Å²) in [5.41, 5.74) is 6.00. The first-order valence-electron chi connectivity index (χ1n) is 19.2. The van der Waals surface area contributed by atoms with E-state index in [-0.39, 0.29) is 50.2 Å². The molecule has 0 aromatic rings.